The Bertz CT molecular complexity index is 657. The van der Waals surface area contributed by atoms with E-state index < -0.39 is 39.0 Å². The SMILES string of the molecule is Cc1cc(S(N)(=O)=O)cc(NC(=O)CSC(F)(F)F)c1C. The third kappa shape index (κ3) is 5.56. The van der Waals surface area contributed by atoms with E-state index in [1.54, 1.807) is 13.8 Å². The minimum absolute atomic E-state index is 0.117. The normalized spacial score (nSPS) is 12.3. The number of aryl methyl sites for hydroxylation is 1. The minimum atomic E-state index is -4.51. The summed E-state index contributed by atoms with van der Waals surface area (Å²) >= 11 is -0.474. The summed E-state index contributed by atoms with van der Waals surface area (Å²) in [4.78, 5) is 11.3. The Balaban J connectivity index is 2.98. The molecule has 1 aromatic carbocycles. The molecule has 0 unspecified atom stereocenters. The van der Waals surface area contributed by atoms with Gasteiger partial charge in [0.15, 0.2) is 0 Å². The number of hydrogen-bond acceptors (Lipinski definition) is 4. The number of thioether (sulfide) groups is 1. The summed E-state index contributed by atoms with van der Waals surface area (Å²) in [6.45, 7) is 3.21. The lowest BCUT2D eigenvalue weighted by atomic mass is 10.1. The van der Waals surface area contributed by atoms with Crippen LogP contribution in [-0.4, -0.2) is 25.6 Å². The molecule has 0 heterocycles. The predicted octanol–water partition coefficient (Wildman–Crippen LogP) is 2.14. The summed E-state index contributed by atoms with van der Waals surface area (Å²) in [5.41, 5.74) is -3.30. The average Bonchev–Trinajstić information content (AvgIpc) is 2.30. The quantitative estimate of drug-likeness (QED) is 0.877. The fraction of sp³-hybridized carbons (Fsp3) is 0.364. The molecule has 118 valence electrons. The minimum Gasteiger partial charge on any atom is -0.325 e. The molecule has 0 atom stereocenters. The maximum Gasteiger partial charge on any atom is 0.442 e. The highest BCUT2D eigenvalue weighted by Gasteiger charge is 2.29. The van der Waals surface area contributed by atoms with Crippen LogP contribution in [0.3, 0.4) is 0 Å². The van der Waals surface area contributed by atoms with Crippen molar-refractivity contribution in [2.45, 2.75) is 24.3 Å². The molecule has 0 bridgehead atoms. The number of hydrogen-bond donors (Lipinski definition) is 2. The summed E-state index contributed by atoms with van der Waals surface area (Å²) in [6, 6.07) is 2.44. The molecular formula is C11H13F3N2O3S2. The van der Waals surface area contributed by atoms with Crippen LogP contribution in [-0.2, 0) is 14.8 Å². The number of nitrogens with one attached hydrogen (secondary N) is 1. The number of anilines is 1. The molecule has 10 heteroatoms. The molecule has 3 N–H and O–H groups in total. The first-order valence-corrected chi connectivity index (χ1v) is 8.08. The maximum absolute atomic E-state index is 12.0. The van der Waals surface area contributed by atoms with Crippen LogP contribution in [0.5, 0.6) is 0 Å². The number of sulfonamides is 1. The first kappa shape index (κ1) is 17.8. The molecule has 1 aromatic rings. The Morgan fingerprint density at radius 2 is 1.90 bits per heavy atom. The van der Waals surface area contributed by atoms with Gasteiger partial charge in [0.2, 0.25) is 15.9 Å². The van der Waals surface area contributed by atoms with E-state index >= 15 is 0 Å². The zero-order valence-electron chi connectivity index (χ0n) is 11.1. The van der Waals surface area contributed by atoms with Crippen LogP contribution in [0, 0.1) is 13.8 Å². The Morgan fingerprint density at radius 1 is 1.33 bits per heavy atom. The highest BCUT2D eigenvalue weighted by molar-refractivity contribution is 8.00. The van der Waals surface area contributed by atoms with Gasteiger partial charge >= 0.3 is 5.51 Å². The zero-order chi connectivity index (χ0) is 16.4. The van der Waals surface area contributed by atoms with Crippen molar-refractivity contribution < 1.29 is 26.4 Å². The fourth-order valence-electron chi connectivity index (χ4n) is 1.45. The second-order valence-electron chi connectivity index (χ2n) is 4.24. The Morgan fingerprint density at radius 3 is 2.38 bits per heavy atom. The van der Waals surface area contributed by atoms with Gasteiger partial charge in [-0.1, -0.05) is 0 Å². The molecule has 0 radical (unpaired) electrons. The van der Waals surface area contributed by atoms with Gasteiger partial charge in [-0.05, 0) is 48.9 Å². The van der Waals surface area contributed by atoms with Crippen molar-refractivity contribution >= 4 is 33.4 Å². The lowest BCUT2D eigenvalue weighted by molar-refractivity contribution is -0.114. The van der Waals surface area contributed by atoms with Crippen LogP contribution in [0.15, 0.2) is 17.0 Å². The average molecular weight is 342 g/mol. The summed E-state index contributed by atoms with van der Waals surface area (Å²) in [5.74, 6) is -1.70. The third-order valence-electron chi connectivity index (χ3n) is 2.61. The molecule has 0 aliphatic heterocycles. The van der Waals surface area contributed by atoms with Gasteiger partial charge in [-0.2, -0.15) is 13.2 Å². The molecule has 0 aliphatic carbocycles. The molecule has 0 saturated carbocycles. The van der Waals surface area contributed by atoms with E-state index in [4.69, 9.17) is 5.14 Å². The van der Waals surface area contributed by atoms with Crippen LogP contribution in [0.1, 0.15) is 11.1 Å². The topological polar surface area (TPSA) is 89.3 Å². The van der Waals surface area contributed by atoms with Gasteiger partial charge in [-0.15, -0.1) is 0 Å². The summed E-state index contributed by atoms with van der Waals surface area (Å²) in [6.07, 6.45) is 0. The second-order valence-corrected chi connectivity index (χ2v) is 6.84. The van der Waals surface area contributed by atoms with Gasteiger partial charge in [-0.3, -0.25) is 4.79 Å². The lowest BCUT2D eigenvalue weighted by Gasteiger charge is -2.13. The Labute approximate surface area is 124 Å². The van der Waals surface area contributed by atoms with Crippen molar-refractivity contribution in [1.82, 2.24) is 0 Å². The zero-order valence-corrected chi connectivity index (χ0v) is 12.7. The molecule has 0 spiro atoms. The van der Waals surface area contributed by atoms with Crippen molar-refractivity contribution in [2.75, 3.05) is 11.1 Å². The lowest BCUT2D eigenvalue weighted by Crippen LogP contribution is -2.19. The van der Waals surface area contributed by atoms with Crippen molar-refractivity contribution in [3.05, 3.63) is 23.3 Å². The first-order valence-electron chi connectivity index (χ1n) is 5.55. The highest BCUT2D eigenvalue weighted by Crippen LogP contribution is 2.30. The van der Waals surface area contributed by atoms with E-state index in [-0.39, 0.29) is 10.6 Å². The molecule has 0 fully saturated rings. The largest absolute Gasteiger partial charge is 0.442 e. The molecule has 0 saturated heterocycles. The van der Waals surface area contributed by atoms with E-state index in [1.807, 2.05) is 0 Å². The van der Waals surface area contributed by atoms with Crippen molar-refractivity contribution in [3.63, 3.8) is 0 Å². The summed E-state index contributed by atoms with van der Waals surface area (Å²) < 4.78 is 58.6. The van der Waals surface area contributed by atoms with Crippen LogP contribution in [0.25, 0.3) is 0 Å². The van der Waals surface area contributed by atoms with E-state index in [0.29, 0.717) is 11.1 Å². The van der Waals surface area contributed by atoms with Crippen molar-refractivity contribution in [1.29, 1.82) is 0 Å². The van der Waals surface area contributed by atoms with Crippen molar-refractivity contribution in [2.24, 2.45) is 5.14 Å². The Kier molecular flexibility index (Phi) is 5.29. The first-order chi connectivity index (χ1) is 9.40. The van der Waals surface area contributed by atoms with Gasteiger partial charge in [0.25, 0.3) is 0 Å². The number of amides is 1. The number of carbonyl (C=O) groups is 1. The predicted molar refractivity (Wildman–Crippen MR) is 74.4 cm³/mol. The molecule has 0 aromatic heterocycles. The number of nitrogens with two attached hydrogens (primary N) is 1. The maximum atomic E-state index is 12.0. The van der Waals surface area contributed by atoms with Crippen molar-refractivity contribution in [3.8, 4) is 0 Å². The van der Waals surface area contributed by atoms with Crippen LogP contribution in [0.4, 0.5) is 18.9 Å². The Hall–Kier alpha value is -1.26. The van der Waals surface area contributed by atoms with Crippen LogP contribution < -0.4 is 10.5 Å². The van der Waals surface area contributed by atoms with Gasteiger partial charge in [0.1, 0.15) is 0 Å². The standard InChI is InChI=1S/C11H13F3N2O3S2/c1-6-3-8(21(15,18)19)4-9(7(6)2)16-10(17)5-20-11(12,13)14/h3-4H,5H2,1-2H3,(H,16,17)(H2,15,18,19). The smallest absolute Gasteiger partial charge is 0.325 e. The molecule has 1 rings (SSSR count). The van der Waals surface area contributed by atoms with E-state index in [1.165, 1.54) is 6.07 Å². The molecule has 0 aliphatic rings. The van der Waals surface area contributed by atoms with Crippen LogP contribution >= 0.6 is 11.8 Å². The van der Waals surface area contributed by atoms with Gasteiger partial charge in [0, 0.05) is 5.69 Å². The summed E-state index contributed by atoms with van der Waals surface area (Å²) in [7, 11) is -3.97. The number of primary sulfonamides is 1. The summed E-state index contributed by atoms with van der Waals surface area (Å²) in [5, 5.41) is 7.25. The molecule has 5 nitrogen and oxygen atoms in total. The van der Waals surface area contributed by atoms with Gasteiger partial charge in [-0.25, -0.2) is 13.6 Å². The molecular weight excluding hydrogens is 329 g/mol. The number of alkyl halides is 3. The van der Waals surface area contributed by atoms with Gasteiger partial charge in [0.05, 0.1) is 10.6 Å². The number of rotatable bonds is 4. The monoisotopic (exact) mass is 342 g/mol. The molecule has 21 heavy (non-hydrogen) atoms. The van der Waals surface area contributed by atoms with E-state index in [2.05, 4.69) is 5.32 Å². The fourth-order valence-corrected chi connectivity index (χ4v) is 2.44. The van der Waals surface area contributed by atoms with E-state index in [0.717, 1.165) is 6.07 Å². The number of benzene rings is 1. The molecule has 1 amide bonds. The highest BCUT2D eigenvalue weighted by atomic mass is 32.2. The van der Waals surface area contributed by atoms with E-state index in [9.17, 15) is 26.4 Å². The number of halogens is 3. The third-order valence-corrected chi connectivity index (χ3v) is 4.24. The van der Waals surface area contributed by atoms with Crippen LogP contribution in [0.2, 0.25) is 0 Å². The van der Waals surface area contributed by atoms with Gasteiger partial charge < -0.3 is 5.32 Å². The second kappa shape index (κ2) is 6.24. The number of carbonyl (C=O) groups excluding carboxylic acids is 1.